The van der Waals surface area contributed by atoms with Crippen molar-refractivity contribution in [1.82, 2.24) is 4.90 Å². The minimum Gasteiger partial charge on any atom is -0.377 e. The molecule has 1 aliphatic rings. The summed E-state index contributed by atoms with van der Waals surface area (Å²) in [7, 11) is 0. The molecule has 0 radical (unpaired) electrons. The lowest BCUT2D eigenvalue weighted by molar-refractivity contribution is -0.384. The first-order valence-electron chi connectivity index (χ1n) is 6.68. The van der Waals surface area contributed by atoms with Gasteiger partial charge in [0.1, 0.15) is 5.69 Å². The summed E-state index contributed by atoms with van der Waals surface area (Å²) in [6.45, 7) is 5.41. The summed E-state index contributed by atoms with van der Waals surface area (Å²) < 4.78 is 5.60. The Hall–Kier alpha value is -1.70. The van der Waals surface area contributed by atoms with E-state index in [9.17, 15) is 10.1 Å². The second-order valence-corrected chi connectivity index (χ2v) is 5.02. The third kappa shape index (κ3) is 3.66. The Bertz CT molecular complexity index is 481. The molecule has 1 aromatic carbocycles. The first-order valence-corrected chi connectivity index (χ1v) is 6.68. The molecule has 0 spiro atoms. The SMILES string of the molecule is CC1CN(Cc2ccc([N+](=O)[O-])c(NN)c2)CCCO1. The molecule has 2 rings (SSSR count). The molecule has 1 aromatic rings. The Kier molecular flexibility index (Phi) is 4.89. The van der Waals surface area contributed by atoms with Crippen LogP contribution in [0.1, 0.15) is 18.9 Å². The molecule has 0 saturated carbocycles. The van der Waals surface area contributed by atoms with E-state index in [0.717, 1.165) is 38.2 Å². The van der Waals surface area contributed by atoms with E-state index >= 15 is 0 Å². The fourth-order valence-corrected chi connectivity index (χ4v) is 2.44. The lowest BCUT2D eigenvalue weighted by Gasteiger charge is -2.22. The van der Waals surface area contributed by atoms with Gasteiger partial charge in [0.15, 0.2) is 0 Å². The number of nitro benzene ring substituents is 1. The topological polar surface area (TPSA) is 93.7 Å². The molecule has 0 amide bonds. The molecule has 1 atom stereocenters. The summed E-state index contributed by atoms with van der Waals surface area (Å²) >= 11 is 0. The average molecular weight is 280 g/mol. The molecule has 1 aliphatic heterocycles. The van der Waals surface area contributed by atoms with Crippen molar-refractivity contribution in [2.45, 2.75) is 26.0 Å². The van der Waals surface area contributed by atoms with Crippen molar-refractivity contribution in [2.75, 3.05) is 25.1 Å². The van der Waals surface area contributed by atoms with Gasteiger partial charge in [-0.05, 0) is 25.0 Å². The van der Waals surface area contributed by atoms with Gasteiger partial charge in [-0.1, -0.05) is 6.07 Å². The monoisotopic (exact) mass is 280 g/mol. The maximum Gasteiger partial charge on any atom is 0.293 e. The van der Waals surface area contributed by atoms with Crippen LogP contribution in [0.4, 0.5) is 11.4 Å². The number of hydrogen-bond donors (Lipinski definition) is 2. The van der Waals surface area contributed by atoms with Crippen LogP contribution in [0.15, 0.2) is 18.2 Å². The van der Waals surface area contributed by atoms with Crippen LogP contribution < -0.4 is 11.3 Å². The van der Waals surface area contributed by atoms with Gasteiger partial charge in [0, 0.05) is 32.3 Å². The number of anilines is 1. The smallest absolute Gasteiger partial charge is 0.293 e. The Morgan fingerprint density at radius 2 is 2.40 bits per heavy atom. The number of nitrogens with zero attached hydrogens (tertiary/aromatic N) is 2. The van der Waals surface area contributed by atoms with Crippen LogP contribution in [0.5, 0.6) is 0 Å². The van der Waals surface area contributed by atoms with Gasteiger partial charge in [0.2, 0.25) is 0 Å². The summed E-state index contributed by atoms with van der Waals surface area (Å²) in [4.78, 5) is 12.7. The number of nitrogens with two attached hydrogens (primary N) is 1. The van der Waals surface area contributed by atoms with Gasteiger partial charge in [0.25, 0.3) is 5.69 Å². The number of nitrogen functional groups attached to an aromatic ring is 1. The first kappa shape index (κ1) is 14.7. The van der Waals surface area contributed by atoms with Crippen molar-refractivity contribution in [3.63, 3.8) is 0 Å². The van der Waals surface area contributed by atoms with Gasteiger partial charge in [-0.15, -0.1) is 0 Å². The Morgan fingerprint density at radius 1 is 1.60 bits per heavy atom. The second kappa shape index (κ2) is 6.65. The Morgan fingerprint density at radius 3 is 3.10 bits per heavy atom. The Balaban J connectivity index is 2.10. The molecule has 1 fully saturated rings. The highest BCUT2D eigenvalue weighted by molar-refractivity contribution is 5.62. The molecule has 110 valence electrons. The van der Waals surface area contributed by atoms with Crippen molar-refractivity contribution >= 4 is 11.4 Å². The standard InChI is InChI=1S/C13H20N4O3/c1-10-8-16(5-2-6-20-10)9-11-3-4-13(17(18)19)12(7-11)15-14/h3-4,7,10,15H,2,5-6,8-9,14H2,1H3. The number of ether oxygens (including phenoxy) is 1. The van der Waals surface area contributed by atoms with Crippen LogP contribution in [-0.4, -0.2) is 35.6 Å². The zero-order valence-electron chi connectivity index (χ0n) is 11.5. The van der Waals surface area contributed by atoms with E-state index in [1.165, 1.54) is 6.07 Å². The molecule has 7 nitrogen and oxygen atoms in total. The number of rotatable bonds is 4. The van der Waals surface area contributed by atoms with Crippen molar-refractivity contribution in [3.8, 4) is 0 Å². The van der Waals surface area contributed by atoms with Crippen molar-refractivity contribution in [2.24, 2.45) is 5.84 Å². The largest absolute Gasteiger partial charge is 0.377 e. The van der Waals surface area contributed by atoms with E-state index in [1.54, 1.807) is 12.1 Å². The third-order valence-electron chi connectivity index (χ3n) is 3.36. The lowest BCUT2D eigenvalue weighted by Crippen LogP contribution is -2.29. The lowest BCUT2D eigenvalue weighted by atomic mass is 10.1. The van der Waals surface area contributed by atoms with Gasteiger partial charge in [-0.25, -0.2) is 0 Å². The van der Waals surface area contributed by atoms with E-state index in [-0.39, 0.29) is 11.8 Å². The summed E-state index contributed by atoms with van der Waals surface area (Å²) in [6, 6.07) is 4.99. The van der Waals surface area contributed by atoms with E-state index in [0.29, 0.717) is 5.69 Å². The van der Waals surface area contributed by atoms with Crippen molar-refractivity contribution in [3.05, 3.63) is 33.9 Å². The highest BCUT2D eigenvalue weighted by atomic mass is 16.6. The van der Waals surface area contributed by atoms with Crippen LogP contribution >= 0.6 is 0 Å². The summed E-state index contributed by atoms with van der Waals surface area (Å²) in [5, 5.41) is 10.9. The zero-order valence-corrected chi connectivity index (χ0v) is 11.5. The molecule has 20 heavy (non-hydrogen) atoms. The van der Waals surface area contributed by atoms with Crippen LogP contribution in [0.3, 0.4) is 0 Å². The van der Waals surface area contributed by atoms with E-state index in [2.05, 4.69) is 17.2 Å². The molecule has 0 aliphatic carbocycles. The fraction of sp³-hybridized carbons (Fsp3) is 0.538. The van der Waals surface area contributed by atoms with Gasteiger partial charge in [-0.2, -0.15) is 0 Å². The predicted octanol–water partition coefficient (Wildman–Crippen LogP) is 1.49. The van der Waals surface area contributed by atoms with Gasteiger partial charge < -0.3 is 10.2 Å². The highest BCUT2D eigenvalue weighted by Gasteiger charge is 2.17. The summed E-state index contributed by atoms with van der Waals surface area (Å²) in [6.07, 6.45) is 1.21. The highest BCUT2D eigenvalue weighted by Crippen LogP contribution is 2.25. The third-order valence-corrected chi connectivity index (χ3v) is 3.36. The van der Waals surface area contributed by atoms with Gasteiger partial charge >= 0.3 is 0 Å². The maximum atomic E-state index is 10.9. The Labute approximate surface area is 117 Å². The maximum absolute atomic E-state index is 10.9. The molecule has 3 N–H and O–H groups in total. The molecule has 7 heteroatoms. The van der Waals surface area contributed by atoms with E-state index in [1.807, 2.05) is 0 Å². The first-order chi connectivity index (χ1) is 9.60. The van der Waals surface area contributed by atoms with Crippen LogP contribution in [-0.2, 0) is 11.3 Å². The zero-order chi connectivity index (χ0) is 14.5. The van der Waals surface area contributed by atoms with Gasteiger partial charge in [0.05, 0.1) is 11.0 Å². The number of nitro groups is 1. The quantitative estimate of drug-likeness (QED) is 0.493. The molecule has 1 unspecified atom stereocenters. The number of hydrogen-bond acceptors (Lipinski definition) is 6. The number of hydrazine groups is 1. The van der Waals surface area contributed by atoms with Crippen molar-refractivity contribution < 1.29 is 9.66 Å². The summed E-state index contributed by atoms with van der Waals surface area (Å²) in [5.41, 5.74) is 3.72. The normalized spacial score (nSPS) is 20.4. The second-order valence-electron chi connectivity index (χ2n) is 5.02. The van der Waals surface area contributed by atoms with Crippen LogP contribution in [0.2, 0.25) is 0 Å². The van der Waals surface area contributed by atoms with Gasteiger partial charge in [-0.3, -0.25) is 20.9 Å². The predicted molar refractivity (Wildman–Crippen MR) is 76.2 cm³/mol. The molecular formula is C13H20N4O3. The molecular weight excluding hydrogens is 260 g/mol. The minimum absolute atomic E-state index is 0.0104. The molecule has 0 bridgehead atoms. The van der Waals surface area contributed by atoms with E-state index in [4.69, 9.17) is 10.6 Å². The summed E-state index contributed by atoms with van der Waals surface area (Å²) in [5.74, 6) is 5.35. The van der Waals surface area contributed by atoms with Crippen LogP contribution in [0, 0.1) is 10.1 Å². The average Bonchev–Trinajstić information content (AvgIpc) is 2.62. The number of nitrogens with one attached hydrogen (secondary N) is 1. The minimum atomic E-state index is -0.444. The molecule has 1 heterocycles. The molecule has 0 aromatic heterocycles. The van der Waals surface area contributed by atoms with E-state index < -0.39 is 4.92 Å². The van der Waals surface area contributed by atoms with Crippen LogP contribution in [0.25, 0.3) is 0 Å². The van der Waals surface area contributed by atoms with Crippen molar-refractivity contribution in [1.29, 1.82) is 0 Å². The number of benzene rings is 1. The molecule has 1 saturated heterocycles. The fourth-order valence-electron chi connectivity index (χ4n) is 2.44.